The van der Waals surface area contributed by atoms with Gasteiger partial charge in [-0.1, -0.05) is 17.8 Å². The third-order valence-corrected chi connectivity index (χ3v) is 7.98. The van der Waals surface area contributed by atoms with Crippen LogP contribution in [-0.4, -0.2) is 41.7 Å². The number of carbonyl (C=O) groups is 1. The molecule has 1 aliphatic rings. The highest BCUT2D eigenvalue weighted by atomic mass is 32.2. The number of aromatic amines is 1. The van der Waals surface area contributed by atoms with Gasteiger partial charge in [0.2, 0.25) is 16.9 Å². The zero-order chi connectivity index (χ0) is 23.9. The van der Waals surface area contributed by atoms with Crippen molar-refractivity contribution in [2.45, 2.75) is 31.3 Å². The van der Waals surface area contributed by atoms with Gasteiger partial charge >= 0.3 is 0 Å². The first-order chi connectivity index (χ1) is 17.0. The molecule has 6 rings (SSSR count). The van der Waals surface area contributed by atoms with E-state index in [-0.39, 0.29) is 11.7 Å². The number of amides is 1. The Morgan fingerprint density at radius 1 is 1.20 bits per heavy atom. The first kappa shape index (κ1) is 21.8. The molecule has 0 atom stereocenters. The lowest BCUT2D eigenvalue weighted by atomic mass is 10.2. The summed E-state index contributed by atoms with van der Waals surface area (Å²) in [5.74, 6) is 6.73. The average Bonchev–Trinajstić information content (AvgIpc) is 3.62. The minimum absolute atomic E-state index is 0.150. The standard InChI is InChI=1S/C24H22N8OS2/c1-13-5-10-18-19(11-13)35-23(27-18)14-6-8-15(9-7-14)26-20(33)12-34-24-31-30-22(32(24)25)21-16-3-2-4-17(16)28-29-21/h5-11H,2-4,12,25H2,1H3,(H,26,33)(H,28,29). The van der Waals surface area contributed by atoms with Crippen LogP contribution in [0.3, 0.4) is 0 Å². The molecule has 2 aromatic carbocycles. The molecule has 35 heavy (non-hydrogen) atoms. The number of hydrogen-bond acceptors (Lipinski definition) is 8. The number of H-pyrrole nitrogens is 1. The highest BCUT2D eigenvalue weighted by Crippen LogP contribution is 2.32. The molecule has 0 saturated heterocycles. The number of aryl methyl sites for hydroxylation is 2. The fourth-order valence-electron chi connectivity index (χ4n) is 4.22. The van der Waals surface area contributed by atoms with Crippen LogP contribution in [0.15, 0.2) is 47.6 Å². The Morgan fingerprint density at radius 3 is 2.91 bits per heavy atom. The maximum Gasteiger partial charge on any atom is 0.234 e. The van der Waals surface area contributed by atoms with Gasteiger partial charge in [0.15, 0.2) is 0 Å². The van der Waals surface area contributed by atoms with Gasteiger partial charge in [0.05, 0.1) is 16.0 Å². The van der Waals surface area contributed by atoms with Crippen molar-refractivity contribution >= 4 is 44.9 Å². The molecule has 176 valence electrons. The summed E-state index contributed by atoms with van der Waals surface area (Å²) < 4.78 is 2.57. The van der Waals surface area contributed by atoms with E-state index in [1.54, 1.807) is 11.3 Å². The van der Waals surface area contributed by atoms with Crippen LogP contribution in [0.2, 0.25) is 0 Å². The lowest BCUT2D eigenvalue weighted by Gasteiger charge is -2.06. The number of carbonyl (C=O) groups excluding carboxylic acids is 1. The van der Waals surface area contributed by atoms with Crippen molar-refractivity contribution in [3.8, 4) is 22.1 Å². The van der Waals surface area contributed by atoms with Gasteiger partial charge in [0.25, 0.3) is 0 Å². The normalized spacial score (nSPS) is 12.8. The summed E-state index contributed by atoms with van der Waals surface area (Å²) in [5.41, 5.74) is 6.99. The second-order valence-electron chi connectivity index (χ2n) is 8.46. The molecule has 0 bridgehead atoms. The van der Waals surface area contributed by atoms with Gasteiger partial charge in [-0.05, 0) is 68.1 Å². The van der Waals surface area contributed by atoms with Crippen molar-refractivity contribution in [1.29, 1.82) is 0 Å². The van der Waals surface area contributed by atoms with E-state index in [0.29, 0.717) is 11.0 Å². The largest absolute Gasteiger partial charge is 0.335 e. The first-order valence-corrected chi connectivity index (χ1v) is 13.0. The summed E-state index contributed by atoms with van der Waals surface area (Å²) in [6.45, 7) is 2.08. The zero-order valence-corrected chi connectivity index (χ0v) is 20.5. The second kappa shape index (κ2) is 8.82. The van der Waals surface area contributed by atoms with Crippen molar-refractivity contribution < 1.29 is 4.79 Å². The maximum atomic E-state index is 12.5. The van der Waals surface area contributed by atoms with Gasteiger partial charge in [-0.2, -0.15) is 5.10 Å². The summed E-state index contributed by atoms with van der Waals surface area (Å²) in [5, 5.41) is 20.1. The molecule has 0 saturated carbocycles. The van der Waals surface area contributed by atoms with Crippen molar-refractivity contribution in [3.63, 3.8) is 0 Å². The number of hydrogen-bond donors (Lipinski definition) is 3. The van der Waals surface area contributed by atoms with E-state index in [0.717, 1.165) is 58.0 Å². The first-order valence-electron chi connectivity index (χ1n) is 11.2. The molecule has 0 unspecified atom stereocenters. The number of thioether (sulfide) groups is 1. The Bertz CT molecular complexity index is 1550. The van der Waals surface area contributed by atoms with Gasteiger partial charge in [0.1, 0.15) is 10.7 Å². The second-order valence-corrected chi connectivity index (χ2v) is 10.4. The number of thiazole rings is 1. The number of nitrogen functional groups attached to an aromatic ring is 1. The van der Waals surface area contributed by atoms with Crippen molar-refractivity contribution in [1.82, 2.24) is 30.1 Å². The summed E-state index contributed by atoms with van der Waals surface area (Å²) >= 11 is 2.90. The Kier molecular flexibility index (Phi) is 5.50. The average molecular weight is 503 g/mol. The van der Waals surface area contributed by atoms with Crippen molar-refractivity contribution in [2.75, 3.05) is 16.9 Å². The van der Waals surface area contributed by atoms with E-state index < -0.39 is 0 Å². The molecule has 9 nitrogen and oxygen atoms in total. The number of rotatable bonds is 6. The molecule has 5 aromatic rings. The molecule has 3 aromatic heterocycles. The van der Waals surface area contributed by atoms with E-state index in [1.165, 1.54) is 26.7 Å². The molecule has 0 spiro atoms. The van der Waals surface area contributed by atoms with E-state index in [4.69, 9.17) is 10.8 Å². The fourth-order valence-corrected chi connectivity index (χ4v) is 5.95. The van der Waals surface area contributed by atoms with Gasteiger partial charge in [-0.3, -0.25) is 9.89 Å². The van der Waals surface area contributed by atoms with E-state index in [1.807, 2.05) is 30.3 Å². The molecule has 1 aliphatic carbocycles. The van der Waals surface area contributed by atoms with Crippen molar-refractivity contribution in [2.24, 2.45) is 0 Å². The summed E-state index contributed by atoms with van der Waals surface area (Å²) in [7, 11) is 0. The fraction of sp³-hybridized carbons (Fsp3) is 0.208. The Hall–Kier alpha value is -3.70. The van der Waals surface area contributed by atoms with Crippen molar-refractivity contribution in [3.05, 3.63) is 59.3 Å². The number of nitrogens with one attached hydrogen (secondary N) is 2. The molecule has 1 amide bonds. The minimum Gasteiger partial charge on any atom is -0.335 e. The van der Waals surface area contributed by atoms with Gasteiger partial charge < -0.3 is 11.2 Å². The number of benzene rings is 2. The van der Waals surface area contributed by atoms with Gasteiger partial charge in [-0.25, -0.2) is 9.66 Å². The highest BCUT2D eigenvalue weighted by Gasteiger charge is 2.24. The van der Waals surface area contributed by atoms with Crippen LogP contribution in [0.1, 0.15) is 23.2 Å². The summed E-state index contributed by atoms with van der Waals surface area (Å²) in [6.07, 6.45) is 3.04. The number of nitrogens with two attached hydrogens (primary N) is 1. The molecular formula is C24H22N8OS2. The smallest absolute Gasteiger partial charge is 0.234 e. The van der Waals surface area contributed by atoms with Crippen LogP contribution >= 0.6 is 23.1 Å². The van der Waals surface area contributed by atoms with E-state index in [2.05, 4.69) is 44.8 Å². The van der Waals surface area contributed by atoms with Gasteiger partial charge in [-0.15, -0.1) is 21.5 Å². The SMILES string of the molecule is Cc1ccc2nc(-c3ccc(NC(=O)CSc4nnc(-c5n[nH]c6c5CCC6)n4N)cc3)sc2c1. The van der Waals surface area contributed by atoms with Crippen LogP contribution in [-0.2, 0) is 17.6 Å². The quantitative estimate of drug-likeness (QED) is 0.235. The molecule has 3 heterocycles. The summed E-state index contributed by atoms with van der Waals surface area (Å²) in [6, 6.07) is 14.0. The predicted molar refractivity (Wildman–Crippen MR) is 139 cm³/mol. The monoisotopic (exact) mass is 502 g/mol. The van der Waals surface area contributed by atoms with Crippen LogP contribution < -0.4 is 11.2 Å². The third-order valence-electron chi connectivity index (χ3n) is 5.97. The minimum atomic E-state index is -0.150. The Labute approximate surface area is 209 Å². The number of anilines is 1. The Morgan fingerprint density at radius 2 is 2.06 bits per heavy atom. The maximum absolute atomic E-state index is 12.5. The molecule has 4 N–H and O–H groups in total. The van der Waals surface area contributed by atoms with Gasteiger partial charge in [0, 0.05) is 22.5 Å². The lowest BCUT2D eigenvalue weighted by Crippen LogP contribution is -2.16. The number of fused-ring (bicyclic) bond motifs is 2. The molecule has 0 aliphatic heterocycles. The third kappa shape index (κ3) is 4.17. The number of nitrogens with zero attached hydrogens (tertiary/aromatic N) is 5. The lowest BCUT2D eigenvalue weighted by molar-refractivity contribution is -0.113. The molecular weight excluding hydrogens is 480 g/mol. The van der Waals surface area contributed by atoms with Crippen LogP contribution in [0.25, 0.3) is 32.3 Å². The van der Waals surface area contributed by atoms with E-state index >= 15 is 0 Å². The number of aromatic nitrogens is 6. The molecule has 0 fully saturated rings. The molecule has 0 radical (unpaired) electrons. The zero-order valence-electron chi connectivity index (χ0n) is 18.9. The van der Waals surface area contributed by atoms with Crippen LogP contribution in [0, 0.1) is 6.92 Å². The van der Waals surface area contributed by atoms with Crippen LogP contribution in [0.4, 0.5) is 5.69 Å². The Balaban J connectivity index is 1.09. The predicted octanol–water partition coefficient (Wildman–Crippen LogP) is 4.19. The highest BCUT2D eigenvalue weighted by molar-refractivity contribution is 7.99. The van der Waals surface area contributed by atoms with E-state index in [9.17, 15) is 4.79 Å². The molecule has 11 heteroatoms. The topological polar surface area (TPSA) is 127 Å². The van der Waals surface area contributed by atoms with Crippen LogP contribution in [0.5, 0.6) is 0 Å². The summed E-state index contributed by atoms with van der Waals surface area (Å²) in [4.78, 5) is 17.3.